The molecule has 2 heterocycles. The standard InChI is InChI=1S/C30H26N2O5/c1-5-34-20-8-6-7-19(13-20)27-22-10-9-21(14-26(22)37-29(32)24(27)15-31)35-30(33)28-18(4)23-11-16(2)17(3)12-25(23)36-28/h6-14,27H,5,32H2,1-4H3. The van der Waals surface area contributed by atoms with E-state index in [9.17, 15) is 10.1 Å². The van der Waals surface area contributed by atoms with Gasteiger partial charge in [-0.1, -0.05) is 18.2 Å². The normalized spacial score (nSPS) is 14.6. The average molecular weight is 495 g/mol. The number of esters is 1. The Kier molecular flexibility index (Phi) is 6.10. The molecule has 7 nitrogen and oxygen atoms in total. The number of aryl methyl sites for hydroxylation is 3. The second-order valence-corrected chi connectivity index (χ2v) is 9.01. The molecule has 2 N–H and O–H groups in total. The minimum atomic E-state index is -0.609. The molecule has 4 aromatic rings. The van der Waals surface area contributed by atoms with Gasteiger partial charge in [0.25, 0.3) is 0 Å². The van der Waals surface area contributed by atoms with Gasteiger partial charge in [0.2, 0.25) is 11.6 Å². The number of allylic oxidation sites excluding steroid dienone is 1. The molecule has 0 radical (unpaired) electrons. The summed E-state index contributed by atoms with van der Waals surface area (Å²) < 4.78 is 22.9. The van der Waals surface area contributed by atoms with E-state index in [2.05, 4.69) is 6.07 Å². The predicted molar refractivity (Wildman–Crippen MR) is 139 cm³/mol. The highest BCUT2D eigenvalue weighted by Gasteiger charge is 2.31. The maximum Gasteiger partial charge on any atom is 0.379 e. The first kappa shape index (κ1) is 24.0. The van der Waals surface area contributed by atoms with Gasteiger partial charge in [-0.2, -0.15) is 5.26 Å². The zero-order valence-corrected chi connectivity index (χ0v) is 21.0. The van der Waals surface area contributed by atoms with Crippen molar-refractivity contribution in [2.75, 3.05) is 6.61 Å². The van der Waals surface area contributed by atoms with E-state index < -0.39 is 11.9 Å². The van der Waals surface area contributed by atoms with Gasteiger partial charge in [-0.25, -0.2) is 4.79 Å². The van der Waals surface area contributed by atoms with Crippen LogP contribution in [-0.2, 0) is 0 Å². The molecule has 7 heteroatoms. The summed E-state index contributed by atoms with van der Waals surface area (Å²) in [6.45, 7) is 8.28. The summed E-state index contributed by atoms with van der Waals surface area (Å²) in [5.41, 5.74) is 11.6. The van der Waals surface area contributed by atoms with Crippen molar-refractivity contribution in [2.45, 2.75) is 33.6 Å². The summed E-state index contributed by atoms with van der Waals surface area (Å²) in [6.07, 6.45) is 0. The van der Waals surface area contributed by atoms with Gasteiger partial charge in [-0.05, 0) is 74.7 Å². The number of carbonyl (C=O) groups is 1. The molecule has 0 bridgehead atoms. The third-order valence-electron chi connectivity index (χ3n) is 6.64. The van der Waals surface area contributed by atoms with E-state index >= 15 is 0 Å². The molecule has 1 aromatic heterocycles. The number of nitrogens with two attached hydrogens (primary N) is 1. The van der Waals surface area contributed by atoms with Gasteiger partial charge in [0.05, 0.1) is 12.5 Å². The lowest BCUT2D eigenvalue weighted by atomic mass is 9.83. The number of benzene rings is 3. The molecule has 1 atom stereocenters. The van der Waals surface area contributed by atoms with Crippen molar-refractivity contribution in [2.24, 2.45) is 5.73 Å². The van der Waals surface area contributed by atoms with E-state index in [-0.39, 0.29) is 17.4 Å². The second-order valence-electron chi connectivity index (χ2n) is 9.01. The summed E-state index contributed by atoms with van der Waals surface area (Å²) >= 11 is 0. The Morgan fingerprint density at radius 1 is 1.05 bits per heavy atom. The van der Waals surface area contributed by atoms with Gasteiger partial charge in [-0.15, -0.1) is 0 Å². The highest BCUT2D eigenvalue weighted by atomic mass is 16.5. The highest BCUT2D eigenvalue weighted by molar-refractivity contribution is 5.97. The first-order valence-corrected chi connectivity index (χ1v) is 12.0. The third kappa shape index (κ3) is 4.27. The van der Waals surface area contributed by atoms with Gasteiger partial charge in [0.1, 0.15) is 34.5 Å². The second kappa shape index (κ2) is 9.40. The van der Waals surface area contributed by atoms with E-state index in [0.717, 1.165) is 33.2 Å². The third-order valence-corrected chi connectivity index (χ3v) is 6.64. The number of ether oxygens (including phenoxy) is 3. The van der Waals surface area contributed by atoms with Crippen molar-refractivity contribution < 1.29 is 23.4 Å². The SMILES string of the molecule is CCOc1cccc(C2C(C#N)=C(N)Oc3cc(OC(=O)c4oc5cc(C)c(C)cc5c4C)ccc32)c1. The molecule has 0 saturated carbocycles. The van der Waals surface area contributed by atoms with Crippen LogP contribution in [-0.4, -0.2) is 12.6 Å². The number of hydrogen-bond donors (Lipinski definition) is 1. The Bertz CT molecular complexity index is 1620. The lowest BCUT2D eigenvalue weighted by Gasteiger charge is -2.27. The average Bonchev–Trinajstić information content (AvgIpc) is 3.19. The first-order chi connectivity index (χ1) is 17.8. The molecule has 0 spiro atoms. The van der Waals surface area contributed by atoms with E-state index in [1.54, 1.807) is 18.2 Å². The molecule has 1 aliphatic rings. The van der Waals surface area contributed by atoms with Crippen LogP contribution >= 0.6 is 0 Å². The summed E-state index contributed by atoms with van der Waals surface area (Å²) in [5, 5.41) is 10.7. The molecule has 0 amide bonds. The van der Waals surface area contributed by atoms with E-state index in [1.807, 2.05) is 64.1 Å². The van der Waals surface area contributed by atoms with Gasteiger partial charge in [0.15, 0.2) is 0 Å². The lowest BCUT2D eigenvalue weighted by molar-refractivity contribution is 0.0702. The summed E-state index contributed by atoms with van der Waals surface area (Å²) in [4.78, 5) is 13.0. The number of nitriles is 1. The van der Waals surface area contributed by atoms with Gasteiger partial charge in [-0.3, -0.25) is 0 Å². The van der Waals surface area contributed by atoms with Crippen LogP contribution in [0.1, 0.15) is 51.2 Å². The topological polar surface area (TPSA) is 108 Å². The van der Waals surface area contributed by atoms with Crippen molar-refractivity contribution in [3.05, 3.63) is 99.6 Å². The summed E-state index contributed by atoms with van der Waals surface area (Å²) in [7, 11) is 0. The first-order valence-electron chi connectivity index (χ1n) is 12.0. The van der Waals surface area contributed by atoms with E-state index in [0.29, 0.717) is 29.3 Å². The van der Waals surface area contributed by atoms with Crippen molar-refractivity contribution in [1.29, 1.82) is 5.26 Å². The van der Waals surface area contributed by atoms with Crippen LogP contribution in [0.2, 0.25) is 0 Å². The van der Waals surface area contributed by atoms with Gasteiger partial charge < -0.3 is 24.4 Å². The number of rotatable bonds is 5. The fourth-order valence-corrected chi connectivity index (χ4v) is 4.62. The fraction of sp³-hybridized carbons (Fsp3) is 0.200. The highest BCUT2D eigenvalue weighted by Crippen LogP contribution is 2.44. The molecule has 37 heavy (non-hydrogen) atoms. The van der Waals surface area contributed by atoms with Crippen molar-refractivity contribution in [3.8, 4) is 23.3 Å². The van der Waals surface area contributed by atoms with Crippen molar-refractivity contribution in [3.63, 3.8) is 0 Å². The predicted octanol–water partition coefficient (Wildman–Crippen LogP) is 6.19. The molecule has 0 saturated heterocycles. The Balaban J connectivity index is 1.48. The molecule has 3 aromatic carbocycles. The quantitative estimate of drug-likeness (QED) is 0.260. The zero-order valence-electron chi connectivity index (χ0n) is 21.0. The minimum absolute atomic E-state index is 0.00385. The molecule has 186 valence electrons. The number of fused-ring (bicyclic) bond motifs is 2. The molecule has 0 fully saturated rings. The Morgan fingerprint density at radius 2 is 1.84 bits per heavy atom. The maximum absolute atomic E-state index is 13.0. The fourth-order valence-electron chi connectivity index (χ4n) is 4.62. The lowest BCUT2D eigenvalue weighted by Crippen LogP contribution is -2.21. The van der Waals surface area contributed by atoms with Crippen molar-refractivity contribution in [1.82, 2.24) is 0 Å². The van der Waals surface area contributed by atoms with Crippen LogP contribution in [0.3, 0.4) is 0 Å². The Hall–Kier alpha value is -4.70. The largest absolute Gasteiger partial charge is 0.494 e. The van der Waals surface area contributed by atoms with Crippen LogP contribution in [0, 0.1) is 32.1 Å². The van der Waals surface area contributed by atoms with Crippen LogP contribution < -0.4 is 19.9 Å². The van der Waals surface area contributed by atoms with Gasteiger partial charge >= 0.3 is 5.97 Å². The number of furan rings is 1. The van der Waals surface area contributed by atoms with Crippen molar-refractivity contribution >= 4 is 16.9 Å². The van der Waals surface area contributed by atoms with Crippen LogP contribution in [0.5, 0.6) is 17.2 Å². The monoisotopic (exact) mass is 494 g/mol. The summed E-state index contributed by atoms with van der Waals surface area (Å²) in [5.74, 6) is 0.456. The molecule has 0 aliphatic carbocycles. The smallest absolute Gasteiger partial charge is 0.379 e. The zero-order chi connectivity index (χ0) is 26.3. The van der Waals surface area contributed by atoms with Gasteiger partial charge in [0, 0.05) is 22.6 Å². The number of nitrogens with zero attached hydrogens (tertiary/aromatic N) is 1. The Morgan fingerprint density at radius 3 is 2.59 bits per heavy atom. The van der Waals surface area contributed by atoms with E-state index in [4.69, 9.17) is 24.4 Å². The number of carbonyl (C=O) groups excluding carboxylic acids is 1. The van der Waals surface area contributed by atoms with E-state index in [1.165, 1.54) is 0 Å². The van der Waals surface area contributed by atoms with Crippen LogP contribution in [0.15, 0.2) is 70.5 Å². The maximum atomic E-state index is 13.0. The number of hydrogen-bond acceptors (Lipinski definition) is 7. The summed E-state index contributed by atoms with van der Waals surface area (Å²) in [6, 6.07) is 18.7. The van der Waals surface area contributed by atoms with Crippen LogP contribution in [0.25, 0.3) is 11.0 Å². The molecular weight excluding hydrogens is 468 g/mol. The minimum Gasteiger partial charge on any atom is -0.494 e. The Labute approximate surface area is 214 Å². The molecular formula is C30H26N2O5. The molecule has 1 aliphatic heterocycles. The molecule has 5 rings (SSSR count). The van der Waals surface area contributed by atoms with Crippen LogP contribution in [0.4, 0.5) is 0 Å². The molecule has 1 unspecified atom stereocenters.